The quantitative estimate of drug-likeness (QED) is 0.891. The Labute approximate surface area is 122 Å². The Bertz CT molecular complexity index is 548. The van der Waals surface area contributed by atoms with Gasteiger partial charge in [0.05, 0.1) is 16.7 Å². The Morgan fingerprint density at radius 2 is 2.20 bits per heavy atom. The maximum Gasteiger partial charge on any atom is 0.232 e. The van der Waals surface area contributed by atoms with Crippen molar-refractivity contribution >= 4 is 23.2 Å². The molecule has 3 N–H and O–H groups in total. The molecule has 1 aliphatic heterocycles. The Morgan fingerprint density at radius 1 is 1.50 bits per heavy atom. The largest absolute Gasteiger partial charge is 0.381 e. The highest BCUT2D eigenvalue weighted by molar-refractivity contribution is 6.31. The highest BCUT2D eigenvalue weighted by atomic mass is 35.5. The zero-order valence-corrected chi connectivity index (χ0v) is 11.7. The number of amides is 1. The fraction of sp³-hybridized carbons (Fsp3) is 0.429. The van der Waals surface area contributed by atoms with E-state index in [0.717, 1.165) is 0 Å². The molecule has 20 heavy (non-hydrogen) atoms. The molecule has 5 nitrogen and oxygen atoms in total. The fourth-order valence-electron chi connectivity index (χ4n) is 2.26. The molecule has 2 rings (SSSR count). The van der Waals surface area contributed by atoms with Crippen LogP contribution in [0.2, 0.25) is 5.02 Å². The normalized spacial score (nSPS) is 17.2. The molecule has 0 bridgehead atoms. The van der Waals surface area contributed by atoms with Gasteiger partial charge in [-0.25, -0.2) is 0 Å². The minimum absolute atomic E-state index is 0.179. The Balaban J connectivity index is 2.23. The number of anilines is 1. The third-order valence-corrected chi connectivity index (χ3v) is 3.91. The van der Waals surface area contributed by atoms with Gasteiger partial charge in [0.25, 0.3) is 0 Å². The van der Waals surface area contributed by atoms with Gasteiger partial charge in [-0.15, -0.1) is 0 Å². The predicted octanol–water partition coefficient (Wildman–Crippen LogP) is 1.91. The molecule has 0 aromatic heterocycles. The van der Waals surface area contributed by atoms with Crippen LogP contribution in [0.4, 0.5) is 5.69 Å². The lowest BCUT2D eigenvalue weighted by Gasteiger charge is -2.34. The number of nitrogens with two attached hydrogens (primary N) is 1. The Kier molecular flexibility index (Phi) is 4.61. The van der Waals surface area contributed by atoms with Gasteiger partial charge in [0.1, 0.15) is 6.07 Å². The van der Waals surface area contributed by atoms with Crippen LogP contribution in [-0.2, 0) is 9.53 Å². The summed E-state index contributed by atoms with van der Waals surface area (Å²) in [6.07, 6.45) is 1.16. The molecule has 0 radical (unpaired) electrons. The maximum absolute atomic E-state index is 12.5. The van der Waals surface area contributed by atoms with Crippen molar-refractivity contribution in [2.45, 2.75) is 12.8 Å². The molecular weight excluding hydrogens is 278 g/mol. The summed E-state index contributed by atoms with van der Waals surface area (Å²) < 4.78 is 5.28. The van der Waals surface area contributed by atoms with E-state index in [1.54, 1.807) is 18.2 Å². The first-order valence-electron chi connectivity index (χ1n) is 6.40. The van der Waals surface area contributed by atoms with Crippen LogP contribution < -0.4 is 11.1 Å². The van der Waals surface area contributed by atoms with E-state index in [4.69, 9.17) is 27.3 Å². The van der Waals surface area contributed by atoms with E-state index in [1.165, 1.54) is 0 Å². The highest BCUT2D eigenvalue weighted by Gasteiger charge is 2.39. The summed E-state index contributed by atoms with van der Waals surface area (Å²) in [5.74, 6) is -0.179. The number of halogens is 1. The van der Waals surface area contributed by atoms with Crippen LogP contribution in [0.1, 0.15) is 18.4 Å². The first-order valence-corrected chi connectivity index (χ1v) is 6.78. The predicted molar refractivity (Wildman–Crippen MR) is 76.3 cm³/mol. The summed E-state index contributed by atoms with van der Waals surface area (Å²) in [5, 5.41) is 12.3. The van der Waals surface area contributed by atoms with E-state index in [2.05, 4.69) is 5.32 Å². The number of hydrogen-bond donors (Lipinski definition) is 2. The van der Waals surface area contributed by atoms with Gasteiger partial charge in [-0.2, -0.15) is 5.26 Å². The first-order chi connectivity index (χ1) is 9.61. The van der Waals surface area contributed by atoms with Gasteiger partial charge >= 0.3 is 0 Å². The van der Waals surface area contributed by atoms with Crippen molar-refractivity contribution in [1.29, 1.82) is 5.26 Å². The third kappa shape index (κ3) is 2.93. The lowest BCUT2D eigenvalue weighted by atomic mass is 9.79. The lowest BCUT2D eigenvalue weighted by molar-refractivity contribution is -0.130. The van der Waals surface area contributed by atoms with Crippen molar-refractivity contribution in [3.05, 3.63) is 28.8 Å². The van der Waals surface area contributed by atoms with Gasteiger partial charge in [0.15, 0.2) is 0 Å². The SMILES string of the molecule is N#Cc1ccc(Cl)cc1NC(=O)C1(CN)CCOCC1. The molecule has 106 valence electrons. The minimum Gasteiger partial charge on any atom is -0.381 e. The number of carbonyl (C=O) groups is 1. The van der Waals surface area contributed by atoms with E-state index < -0.39 is 5.41 Å². The van der Waals surface area contributed by atoms with Crippen molar-refractivity contribution < 1.29 is 9.53 Å². The fourth-order valence-corrected chi connectivity index (χ4v) is 2.43. The van der Waals surface area contributed by atoms with Crippen LogP contribution in [0.5, 0.6) is 0 Å². The summed E-state index contributed by atoms with van der Waals surface area (Å²) in [6.45, 7) is 1.29. The van der Waals surface area contributed by atoms with Gasteiger partial charge in [-0.1, -0.05) is 11.6 Å². The number of ether oxygens (including phenoxy) is 1. The molecule has 1 aliphatic rings. The molecule has 0 atom stereocenters. The summed E-state index contributed by atoms with van der Waals surface area (Å²) in [7, 11) is 0. The van der Waals surface area contributed by atoms with Gasteiger partial charge in [0.2, 0.25) is 5.91 Å². The molecule has 1 fully saturated rings. The number of benzene rings is 1. The lowest BCUT2D eigenvalue weighted by Crippen LogP contribution is -2.46. The third-order valence-electron chi connectivity index (χ3n) is 3.67. The highest BCUT2D eigenvalue weighted by Crippen LogP contribution is 2.31. The zero-order chi connectivity index (χ0) is 14.6. The summed E-state index contributed by atoms with van der Waals surface area (Å²) >= 11 is 5.91. The van der Waals surface area contributed by atoms with Crippen LogP contribution in [0.25, 0.3) is 0 Å². The molecule has 1 aromatic rings. The monoisotopic (exact) mass is 293 g/mol. The minimum atomic E-state index is -0.632. The van der Waals surface area contributed by atoms with Crippen molar-refractivity contribution in [2.75, 3.05) is 25.1 Å². The van der Waals surface area contributed by atoms with Crippen molar-refractivity contribution in [1.82, 2.24) is 0 Å². The molecule has 1 amide bonds. The molecule has 1 heterocycles. The van der Waals surface area contributed by atoms with E-state index in [-0.39, 0.29) is 12.5 Å². The van der Waals surface area contributed by atoms with Gasteiger partial charge in [-0.3, -0.25) is 4.79 Å². The summed E-state index contributed by atoms with van der Waals surface area (Å²) in [5.41, 5.74) is 5.95. The average molecular weight is 294 g/mol. The first kappa shape index (κ1) is 14.8. The van der Waals surface area contributed by atoms with Crippen LogP contribution in [0, 0.1) is 16.7 Å². The zero-order valence-electron chi connectivity index (χ0n) is 11.0. The summed E-state index contributed by atoms with van der Waals surface area (Å²) in [4.78, 5) is 12.5. The standard InChI is InChI=1S/C14H16ClN3O2/c15-11-2-1-10(8-16)12(7-11)18-13(19)14(9-17)3-5-20-6-4-14/h1-2,7H,3-6,9,17H2,(H,18,19). The van der Waals surface area contributed by atoms with Crippen LogP contribution in [0.3, 0.4) is 0 Å². The van der Waals surface area contributed by atoms with Gasteiger partial charge < -0.3 is 15.8 Å². The molecule has 0 spiro atoms. The van der Waals surface area contributed by atoms with Crippen LogP contribution >= 0.6 is 11.6 Å². The molecule has 6 heteroatoms. The van der Waals surface area contributed by atoms with Crippen LogP contribution in [0.15, 0.2) is 18.2 Å². The number of nitriles is 1. The van der Waals surface area contributed by atoms with Crippen LogP contribution in [-0.4, -0.2) is 25.7 Å². The van der Waals surface area contributed by atoms with E-state index >= 15 is 0 Å². The second-order valence-corrected chi connectivity index (χ2v) is 5.29. The molecule has 0 aliphatic carbocycles. The van der Waals surface area contributed by atoms with E-state index in [0.29, 0.717) is 42.3 Å². The van der Waals surface area contributed by atoms with Gasteiger partial charge in [-0.05, 0) is 31.0 Å². The van der Waals surface area contributed by atoms with E-state index in [1.807, 2.05) is 6.07 Å². The smallest absolute Gasteiger partial charge is 0.232 e. The van der Waals surface area contributed by atoms with Crippen molar-refractivity contribution in [3.8, 4) is 6.07 Å². The second-order valence-electron chi connectivity index (χ2n) is 4.85. The Hall–Kier alpha value is -1.61. The molecule has 0 unspecified atom stereocenters. The molecule has 0 saturated carbocycles. The maximum atomic E-state index is 12.5. The number of rotatable bonds is 3. The topological polar surface area (TPSA) is 88.1 Å². The average Bonchev–Trinajstić information content (AvgIpc) is 2.48. The number of hydrogen-bond acceptors (Lipinski definition) is 4. The number of carbonyl (C=O) groups excluding carboxylic acids is 1. The molecule has 1 aromatic carbocycles. The molecule has 1 saturated heterocycles. The van der Waals surface area contributed by atoms with Crippen molar-refractivity contribution in [2.24, 2.45) is 11.1 Å². The van der Waals surface area contributed by atoms with Crippen molar-refractivity contribution in [3.63, 3.8) is 0 Å². The number of nitrogens with zero attached hydrogens (tertiary/aromatic N) is 1. The Morgan fingerprint density at radius 3 is 2.80 bits per heavy atom. The van der Waals surface area contributed by atoms with E-state index in [9.17, 15) is 4.79 Å². The molecular formula is C14H16ClN3O2. The summed E-state index contributed by atoms with van der Waals surface area (Å²) in [6, 6.07) is 6.80. The second kappa shape index (κ2) is 6.23. The number of nitrogens with one attached hydrogen (secondary N) is 1. The van der Waals surface area contributed by atoms with Gasteiger partial charge in [0, 0.05) is 24.8 Å².